The number of nitrogens with zero attached hydrogens (tertiary/aromatic N) is 1. The van der Waals surface area contributed by atoms with Crippen LogP contribution >= 0.6 is 0 Å². The van der Waals surface area contributed by atoms with Gasteiger partial charge in [-0.25, -0.2) is 0 Å². The molecule has 1 aliphatic heterocycles. The molecule has 104 valence electrons. The van der Waals surface area contributed by atoms with Crippen molar-refractivity contribution in [2.75, 3.05) is 19.7 Å². The van der Waals surface area contributed by atoms with Crippen LogP contribution in [0.1, 0.15) is 39.5 Å². The van der Waals surface area contributed by atoms with Crippen LogP contribution in [-0.2, 0) is 14.3 Å². The van der Waals surface area contributed by atoms with E-state index in [-0.39, 0.29) is 12.3 Å². The Hall–Kier alpha value is -1.10. The van der Waals surface area contributed by atoms with Crippen LogP contribution in [0.15, 0.2) is 0 Å². The number of ether oxygens (including phenoxy) is 1. The molecule has 0 saturated carbocycles. The van der Waals surface area contributed by atoms with Crippen LogP contribution in [0, 0.1) is 5.92 Å². The molecule has 1 amide bonds. The summed E-state index contributed by atoms with van der Waals surface area (Å²) in [6, 6.07) is 0. The number of aliphatic carboxylic acids is 1. The van der Waals surface area contributed by atoms with E-state index in [9.17, 15) is 9.59 Å². The average Bonchev–Trinajstić information content (AvgIpc) is 2.36. The molecule has 0 bridgehead atoms. The van der Waals surface area contributed by atoms with Crippen molar-refractivity contribution in [3.63, 3.8) is 0 Å². The molecule has 1 aliphatic rings. The van der Waals surface area contributed by atoms with Crippen LogP contribution in [0.3, 0.4) is 0 Å². The summed E-state index contributed by atoms with van der Waals surface area (Å²) in [5.74, 6) is -0.425. The van der Waals surface area contributed by atoms with Gasteiger partial charge in [-0.1, -0.05) is 0 Å². The number of hydrogen-bond acceptors (Lipinski definition) is 3. The van der Waals surface area contributed by atoms with E-state index in [1.807, 2.05) is 11.8 Å². The molecule has 1 saturated heterocycles. The summed E-state index contributed by atoms with van der Waals surface area (Å²) in [4.78, 5) is 24.4. The highest BCUT2D eigenvalue weighted by molar-refractivity contribution is 5.80. The first-order valence-corrected chi connectivity index (χ1v) is 6.66. The second-order valence-corrected chi connectivity index (χ2v) is 4.82. The number of carbonyl (C=O) groups is 2. The molecule has 0 unspecified atom stereocenters. The van der Waals surface area contributed by atoms with E-state index in [0.717, 1.165) is 19.4 Å². The normalized spacial score (nSPS) is 21.7. The van der Waals surface area contributed by atoms with Gasteiger partial charge in [-0.2, -0.15) is 0 Å². The molecule has 1 N–H and O–H groups in total. The van der Waals surface area contributed by atoms with E-state index in [1.54, 1.807) is 6.92 Å². The summed E-state index contributed by atoms with van der Waals surface area (Å²) in [6.45, 7) is 5.61. The highest BCUT2D eigenvalue weighted by Gasteiger charge is 2.27. The molecule has 5 nitrogen and oxygen atoms in total. The second-order valence-electron chi connectivity index (χ2n) is 4.82. The lowest BCUT2D eigenvalue weighted by atomic mass is 9.93. The summed E-state index contributed by atoms with van der Waals surface area (Å²) >= 11 is 0. The van der Waals surface area contributed by atoms with Gasteiger partial charge in [0.2, 0.25) is 0 Å². The monoisotopic (exact) mass is 257 g/mol. The maximum absolute atomic E-state index is 12.1. The van der Waals surface area contributed by atoms with Gasteiger partial charge < -0.3 is 14.7 Å². The zero-order chi connectivity index (χ0) is 13.5. The first-order valence-electron chi connectivity index (χ1n) is 6.66. The number of piperidine rings is 1. The summed E-state index contributed by atoms with van der Waals surface area (Å²) in [5.41, 5.74) is 0. The van der Waals surface area contributed by atoms with Gasteiger partial charge in [-0.3, -0.25) is 9.59 Å². The quantitative estimate of drug-likeness (QED) is 0.783. The van der Waals surface area contributed by atoms with E-state index in [0.29, 0.717) is 25.5 Å². The Labute approximate surface area is 108 Å². The summed E-state index contributed by atoms with van der Waals surface area (Å²) in [7, 11) is 0. The Morgan fingerprint density at radius 3 is 2.83 bits per heavy atom. The minimum Gasteiger partial charge on any atom is -0.481 e. The number of amides is 1. The first-order chi connectivity index (χ1) is 8.54. The summed E-state index contributed by atoms with van der Waals surface area (Å²) in [5, 5.41) is 8.68. The number of carboxylic acids is 1. The third-order valence-electron chi connectivity index (χ3n) is 3.36. The van der Waals surface area contributed by atoms with Crippen LogP contribution in [0.4, 0.5) is 0 Å². The zero-order valence-corrected chi connectivity index (χ0v) is 11.2. The SMILES string of the molecule is CCO[C@@H](C)C(=O)N1CCC[C@@H](CCC(=O)O)C1. The Morgan fingerprint density at radius 1 is 1.50 bits per heavy atom. The van der Waals surface area contributed by atoms with Gasteiger partial charge in [0.15, 0.2) is 0 Å². The van der Waals surface area contributed by atoms with Gasteiger partial charge in [0.05, 0.1) is 0 Å². The third-order valence-corrected chi connectivity index (χ3v) is 3.36. The van der Waals surface area contributed by atoms with E-state index in [1.165, 1.54) is 0 Å². The Balaban J connectivity index is 2.42. The van der Waals surface area contributed by atoms with Crippen LogP contribution < -0.4 is 0 Å². The summed E-state index contributed by atoms with van der Waals surface area (Å²) in [6.07, 6.45) is 2.42. The van der Waals surface area contributed by atoms with E-state index in [4.69, 9.17) is 9.84 Å². The molecule has 0 aliphatic carbocycles. The molecule has 0 aromatic rings. The molecule has 0 aromatic heterocycles. The average molecular weight is 257 g/mol. The summed E-state index contributed by atoms with van der Waals surface area (Å²) < 4.78 is 5.30. The van der Waals surface area contributed by atoms with Crippen molar-refractivity contribution in [2.24, 2.45) is 5.92 Å². The molecular formula is C13H23NO4. The fourth-order valence-corrected chi connectivity index (χ4v) is 2.41. The van der Waals surface area contributed by atoms with Crippen LogP contribution in [0.2, 0.25) is 0 Å². The minimum absolute atomic E-state index is 0.0249. The molecule has 1 rings (SSSR count). The Bertz CT molecular complexity index is 293. The number of hydrogen-bond donors (Lipinski definition) is 1. The first kappa shape index (κ1) is 15.0. The molecular weight excluding hydrogens is 234 g/mol. The molecule has 2 atom stereocenters. The van der Waals surface area contributed by atoms with E-state index < -0.39 is 12.1 Å². The number of carboxylic acid groups (broad SMARTS) is 1. The van der Waals surface area contributed by atoms with Gasteiger partial charge in [0.25, 0.3) is 5.91 Å². The lowest BCUT2D eigenvalue weighted by Gasteiger charge is -2.34. The molecule has 0 radical (unpaired) electrons. The molecule has 1 heterocycles. The van der Waals surface area contributed by atoms with Crippen molar-refractivity contribution in [3.05, 3.63) is 0 Å². The van der Waals surface area contributed by atoms with Gasteiger partial charge in [-0.05, 0) is 39.0 Å². The van der Waals surface area contributed by atoms with Crippen molar-refractivity contribution in [1.29, 1.82) is 0 Å². The second kappa shape index (κ2) is 7.36. The Kier molecular flexibility index (Phi) is 6.12. The zero-order valence-electron chi connectivity index (χ0n) is 11.2. The van der Waals surface area contributed by atoms with E-state index >= 15 is 0 Å². The third kappa shape index (κ3) is 4.64. The topological polar surface area (TPSA) is 66.8 Å². The number of carbonyl (C=O) groups excluding carboxylic acids is 1. The van der Waals surface area contributed by atoms with E-state index in [2.05, 4.69) is 0 Å². The van der Waals surface area contributed by atoms with Gasteiger partial charge in [-0.15, -0.1) is 0 Å². The Morgan fingerprint density at radius 2 is 2.22 bits per heavy atom. The molecule has 5 heteroatoms. The standard InChI is InChI=1S/C13H23NO4/c1-3-18-10(2)13(17)14-8-4-5-11(9-14)6-7-12(15)16/h10-11H,3-9H2,1-2H3,(H,15,16)/t10-,11-/m0/s1. The van der Waals surface area contributed by atoms with Crippen LogP contribution in [0.25, 0.3) is 0 Å². The predicted molar refractivity (Wildman–Crippen MR) is 67.3 cm³/mol. The fraction of sp³-hybridized carbons (Fsp3) is 0.846. The molecule has 1 fully saturated rings. The fourth-order valence-electron chi connectivity index (χ4n) is 2.41. The lowest BCUT2D eigenvalue weighted by Crippen LogP contribution is -2.45. The van der Waals surface area contributed by atoms with Crippen LogP contribution in [0.5, 0.6) is 0 Å². The molecule has 0 aromatic carbocycles. The lowest BCUT2D eigenvalue weighted by molar-refractivity contribution is -0.144. The number of rotatable bonds is 6. The maximum Gasteiger partial charge on any atom is 0.303 e. The van der Waals surface area contributed by atoms with Crippen molar-refractivity contribution in [2.45, 2.75) is 45.6 Å². The number of likely N-dealkylation sites (tertiary alicyclic amines) is 1. The largest absolute Gasteiger partial charge is 0.481 e. The van der Waals surface area contributed by atoms with Gasteiger partial charge in [0, 0.05) is 26.1 Å². The van der Waals surface area contributed by atoms with Gasteiger partial charge in [0.1, 0.15) is 6.10 Å². The van der Waals surface area contributed by atoms with Crippen molar-refractivity contribution in [1.82, 2.24) is 4.90 Å². The molecule has 0 spiro atoms. The highest BCUT2D eigenvalue weighted by Crippen LogP contribution is 2.21. The van der Waals surface area contributed by atoms with Crippen molar-refractivity contribution >= 4 is 11.9 Å². The predicted octanol–water partition coefficient (Wildman–Crippen LogP) is 1.51. The van der Waals surface area contributed by atoms with Gasteiger partial charge >= 0.3 is 5.97 Å². The smallest absolute Gasteiger partial charge is 0.303 e. The maximum atomic E-state index is 12.1. The van der Waals surface area contributed by atoms with Crippen LogP contribution in [-0.4, -0.2) is 47.7 Å². The van der Waals surface area contributed by atoms with Crippen molar-refractivity contribution in [3.8, 4) is 0 Å². The van der Waals surface area contributed by atoms with Crippen molar-refractivity contribution < 1.29 is 19.4 Å². The highest BCUT2D eigenvalue weighted by atomic mass is 16.5. The minimum atomic E-state index is -0.763. The molecule has 18 heavy (non-hydrogen) atoms.